The smallest absolute Gasteiger partial charge is 0.160 e. The SMILES string of the molecule is CCCn1c(-c2csc(CCN)n2)nc2ccc(Cl)cc21. The molecule has 0 unspecified atom stereocenters. The highest BCUT2D eigenvalue weighted by molar-refractivity contribution is 7.09. The van der Waals surface area contributed by atoms with Crippen molar-refractivity contribution in [2.24, 2.45) is 5.73 Å². The number of rotatable bonds is 5. The van der Waals surface area contributed by atoms with Crippen molar-refractivity contribution in [3.63, 3.8) is 0 Å². The molecule has 1 aromatic carbocycles. The standard InChI is InChI=1S/C15H17ClN4S/c1-2-7-20-13-8-10(16)3-4-11(13)19-15(20)12-9-21-14(18-12)5-6-17/h3-4,8-9H,2,5-7,17H2,1H3. The van der Waals surface area contributed by atoms with E-state index in [0.29, 0.717) is 6.54 Å². The minimum Gasteiger partial charge on any atom is -0.330 e. The molecule has 2 heterocycles. The van der Waals surface area contributed by atoms with Gasteiger partial charge in [0.25, 0.3) is 0 Å². The first kappa shape index (κ1) is 14.5. The van der Waals surface area contributed by atoms with Crippen molar-refractivity contribution in [3.8, 4) is 11.5 Å². The van der Waals surface area contributed by atoms with Crippen molar-refractivity contribution in [1.29, 1.82) is 0 Å². The van der Waals surface area contributed by atoms with Gasteiger partial charge in [0.2, 0.25) is 0 Å². The first-order valence-corrected chi connectivity index (χ1v) is 8.29. The van der Waals surface area contributed by atoms with E-state index in [0.717, 1.165) is 52.0 Å². The van der Waals surface area contributed by atoms with Gasteiger partial charge in [0.05, 0.1) is 16.0 Å². The Hall–Kier alpha value is -1.43. The molecule has 0 radical (unpaired) electrons. The summed E-state index contributed by atoms with van der Waals surface area (Å²) in [6.45, 7) is 3.67. The van der Waals surface area contributed by atoms with E-state index in [9.17, 15) is 0 Å². The summed E-state index contributed by atoms with van der Waals surface area (Å²) in [5, 5.41) is 3.84. The number of fused-ring (bicyclic) bond motifs is 1. The average Bonchev–Trinajstić information content (AvgIpc) is 3.05. The van der Waals surface area contributed by atoms with E-state index in [-0.39, 0.29) is 0 Å². The largest absolute Gasteiger partial charge is 0.330 e. The highest BCUT2D eigenvalue weighted by atomic mass is 35.5. The van der Waals surface area contributed by atoms with Crippen LogP contribution in [0.1, 0.15) is 18.4 Å². The van der Waals surface area contributed by atoms with Crippen LogP contribution >= 0.6 is 22.9 Å². The Morgan fingerprint density at radius 3 is 2.95 bits per heavy atom. The molecule has 0 bridgehead atoms. The third-order valence-corrected chi connectivity index (χ3v) is 4.44. The quantitative estimate of drug-likeness (QED) is 0.779. The van der Waals surface area contributed by atoms with E-state index in [1.54, 1.807) is 11.3 Å². The maximum atomic E-state index is 6.12. The summed E-state index contributed by atoms with van der Waals surface area (Å²) in [4.78, 5) is 9.39. The fourth-order valence-corrected chi connectivity index (χ4v) is 3.35. The second-order valence-corrected chi connectivity index (χ2v) is 6.26. The van der Waals surface area contributed by atoms with Gasteiger partial charge in [-0.3, -0.25) is 0 Å². The second kappa shape index (κ2) is 6.13. The van der Waals surface area contributed by atoms with Crippen molar-refractivity contribution < 1.29 is 0 Å². The summed E-state index contributed by atoms with van der Waals surface area (Å²) in [6, 6.07) is 5.80. The molecule has 3 rings (SSSR count). The molecule has 0 saturated carbocycles. The van der Waals surface area contributed by atoms with Crippen LogP contribution < -0.4 is 5.73 Å². The van der Waals surface area contributed by atoms with E-state index >= 15 is 0 Å². The monoisotopic (exact) mass is 320 g/mol. The highest BCUT2D eigenvalue weighted by Crippen LogP contribution is 2.28. The lowest BCUT2D eigenvalue weighted by atomic mass is 10.3. The summed E-state index contributed by atoms with van der Waals surface area (Å²) in [5.74, 6) is 0.911. The molecule has 0 atom stereocenters. The lowest BCUT2D eigenvalue weighted by Crippen LogP contribution is -2.03. The number of hydrogen-bond donors (Lipinski definition) is 1. The zero-order valence-electron chi connectivity index (χ0n) is 11.8. The van der Waals surface area contributed by atoms with Crippen LogP contribution in [-0.4, -0.2) is 21.1 Å². The molecule has 6 heteroatoms. The lowest BCUT2D eigenvalue weighted by Gasteiger charge is -2.05. The van der Waals surface area contributed by atoms with Crippen molar-refractivity contribution in [1.82, 2.24) is 14.5 Å². The number of nitrogens with zero attached hydrogens (tertiary/aromatic N) is 3. The maximum Gasteiger partial charge on any atom is 0.160 e. The predicted octanol–water partition coefficient (Wildman–Crippen LogP) is 3.72. The predicted molar refractivity (Wildman–Crippen MR) is 88.9 cm³/mol. The minimum absolute atomic E-state index is 0.619. The zero-order valence-corrected chi connectivity index (χ0v) is 13.4. The van der Waals surface area contributed by atoms with E-state index in [2.05, 4.69) is 21.9 Å². The van der Waals surface area contributed by atoms with Gasteiger partial charge in [0.15, 0.2) is 5.82 Å². The van der Waals surface area contributed by atoms with Crippen LogP contribution in [0.4, 0.5) is 0 Å². The molecule has 4 nitrogen and oxygen atoms in total. The van der Waals surface area contributed by atoms with E-state index in [1.165, 1.54) is 0 Å². The fourth-order valence-electron chi connectivity index (χ4n) is 2.39. The summed E-state index contributed by atoms with van der Waals surface area (Å²) in [7, 11) is 0. The van der Waals surface area contributed by atoms with Gasteiger partial charge >= 0.3 is 0 Å². The van der Waals surface area contributed by atoms with Crippen molar-refractivity contribution in [2.75, 3.05) is 6.54 Å². The number of imidazole rings is 1. The lowest BCUT2D eigenvalue weighted by molar-refractivity contribution is 0.702. The minimum atomic E-state index is 0.619. The van der Waals surface area contributed by atoms with Crippen LogP contribution in [0.25, 0.3) is 22.6 Å². The Labute approximate surface area is 132 Å². The summed E-state index contributed by atoms with van der Waals surface area (Å²) in [5.41, 5.74) is 8.53. The molecule has 0 aliphatic rings. The number of aromatic nitrogens is 3. The van der Waals surface area contributed by atoms with E-state index < -0.39 is 0 Å². The Morgan fingerprint density at radius 2 is 2.19 bits per heavy atom. The molecule has 0 saturated heterocycles. The van der Waals surface area contributed by atoms with Crippen LogP contribution in [0, 0.1) is 0 Å². The molecule has 2 aromatic heterocycles. The van der Waals surface area contributed by atoms with E-state index in [1.807, 2.05) is 18.2 Å². The Morgan fingerprint density at radius 1 is 1.33 bits per heavy atom. The third kappa shape index (κ3) is 2.81. The molecule has 0 fully saturated rings. The molecule has 2 N–H and O–H groups in total. The molecule has 0 amide bonds. The number of thiazole rings is 1. The van der Waals surface area contributed by atoms with Crippen molar-refractivity contribution in [2.45, 2.75) is 26.3 Å². The first-order chi connectivity index (χ1) is 10.2. The molecule has 0 aliphatic heterocycles. The molecule has 21 heavy (non-hydrogen) atoms. The molecule has 0 aliphatic carbocycles. The van der Waals surface area contributed by atoms with Crippen molar-refractivity contribution in [3.05, 3.63) is 33.6 Å². The van der Waals surface area contributed by atoms with Crippen LogP contribution in [0.5, 0.6) is 0 Å². The van der Waals surface area contributed by atoms with Gasteiger partial charge < -0.3 is 10.3 Å². The number of nitrogens with two attached hydrogens (primary N) is 1. The van der Waals surface area contributed by atoms with Crippen LogP contribution in [0.2, 0.25) is 5.02 Å². The van der Waals surface area contributed by atoms with Gasteiger partial charge in [-0.05, 0) is 31.2 Å². The Balaban J connectivity index is 2.13. The third-order valence-electron chi connectivity index (χ3n) is 3.30. The molecular formula is C15H17ClN4S. The zero-order chi connectivity index (χ0) is 14.8. The van der Waals surface area contributed by atoms with Gasteiger partial charge in [-0.2, -0.15) is 0 Å². The van der Waals surface area contributed by atoms with Gasteiger partial charge in [0.1, 0.15) is 5.69 Å². The average molecular weight is 321 g/mol. The fraction of sp³-hybridized carbons (Fsp3) is 0.333. The number of hydrogen-bond acceptors (Lipinski definition) is 4. The number of benzene rings is 1. The van der Waals surface area contributed by atoms with Gasteiger partial charge in [-0.1, -0.05) is 18.5 Å². The normalized spacial score (nSPS) is 11.4. The second-order valence-electron chi connectivity index (χ2n) is 4.89. The van der Waals surface area contributed by atoms with E-state index in [4.69, 9.17) is 22.3 Å². The number of aryl methyl sites for hydroxylation is 1. The first-order valence-electron chi connectivity index (χ1n) is 7.03. The van der Waals surface area contributed by atoms with Crippen LogP contribution in [0.3, 0.4) is 0 Å². The summed E-state index contributed by atoms with van der Waals surface area (Å²) in [6.07, 6.45) is 1.84. The Bertz CT molecular complexity index is 762. The Kier molecular flexibility index (Phi) is 4.24. The number of halogens is 1. The molecular weight excluding hydrogens is 304 g/mol. The molecule has 3 aromatic rings. The van der Waals surface area contributed by atoms with Crippen LogP contribution in [-0.2, 0) is 13.0 Å². The van der Waals surface area contributed by atoms with Gasteiger partial charge in [-0.15, -0.1) is 11.3 Å². The molecule has 0 spiro atoms. The maximum absolute atomic E-state index is 6.12. The molecule has 110 valence electrons. The van der Waals surface area contributed by atoms with Gasteiger partial charge in [-0.25, -0.2) is 9.97 Å². The van der Waals surface area contributed by atoms with Gasteiger partial charge in [0, 0.05) is 23.4 Å². The topological polar surface area (TPSA) is 56.7 Å². The van der Waals surface area contributed by atoms with Crippen LogP contribution in [0.15, 0.2) is 23.6 Å². The summed E-state index contributed by atoms with van der Waals surface area (Å²) >= 11 is 7.76. The van der Waals surface area contributed by atoms with Crippen molar-refractivity contribution >= 4 is 34.0 Å². The highest BCUT2D eigenvalue weighted by Gasteiger charge is 2.15. The summed E-state index contributed by atoms with van der Waals surface area (Å²) < 4.78 is 2.20.